The normalized spacial score (nSPS) is 22.2. The summed E-state index contributed by atoms with van der Waals surface area (Å²) in [6.07, 6.45) is 10.5. The van der Waals surface area contributed by atoms with Crippen LogP contribution in [0.5, 0.6) is 5.75 Å². The summed E-state index contributed by atoms with van der Waals surface area (Å²) < 4.78 is 6.67. The van der Waals surface area contributed by atoms with Crippen LogP contribution < -0.4 is 10.1 Å². The van der Waals surface area contributed by atoms with Crippen molar-refractivity contribution in [2.75, 3.05) is 6.61 Å². The van der Waals surface area contributed by atoms with Gasteiger partial charge >= 0.3 is 0 Å². The largest absolute Gasteiger partial charge is 0.481 e. The standard InChI is InChI=1S/C17H22BrNO/c1-3-10-20-17-9-6-15(18)11-14(17)12-19-16-7-4-13(2)5-8-16/h1,6,9,11,13,16,19H,4-5,7-8,10,12H2,2H3. The molecule has 1 saturated carbocycles. The van der Waals surface area contributed by atoms with Crippen molar-refractivity contribution in [3.63, 3.8) is 0 Å². The maximum absolute atomic E-state index is 5.60. The van der Waals surface area contributed by atoms with Crippen molar-refractivity contribution in [1.82, 2.24) is 5.32 Å². The number of hydrogen-bond acceptors (Lipinski definition) is 2. The highest BCUT2D eigenvalue weighted by Gasteiger charge is 2.18. The predicted molar refractivity (Wildman–Crippen MR) is 86.7 cm³/mol. The van der Waals surface area contributed by atoms with Gasteiger partial charge in [0.1, 0.15) is 12.4 Å². The Balaban J connectivity index is 1.94. The van der Waals surface area contributed by atoms with Gasteiger partial charge in [0.2, 0.25) is 0 Å². The first-order chi connectivity index (χ1) is 9.69. The van der Waals surface area contributed by atoms with E-state index in [1.807, 2.05) is 12.1 Å². The molecule has 1 aliphatic rings. The summed E-state index contributed by atoms with van der Waals surface area (Å²) in [6, 6.07) is 6.69. The van der Waals surface area contributed by atoms with Crippen molar-refractivity contribution in [2.45, 2.75) is 45.2 Å². The van der Waals surface area contributed by atoms with Gasteiger partial charge in [-0.25, -0.2) is 0 Å². The summed E-state index contributed by atoms with van der Waals surface area (Å²) in [4.78, 5) is 0. The van der Waals surface area contributed by atoms with E-state index in [0.29, 0.717) is 12.6 Å². The van der Waals surface area contributed by atoms with E-state index in [-0.39, 0.29) is 0 Å². The molecular weight excluding hydrogens is 314 g/mol. The Kier molecular flexibility index (Phi) is 5.94. The molecule has 0 unspecified atom stereocenters. The monoisotopic (exact) mass is 335 g/mol. The summed E-state index contributed by atoms with van der Waals surface area (Å²) in [5.41, 5.74) is 1.16. The molecule has 1 aliphatic carbocycles. The maximum atomic E-state index is 5.60. The second kappa shape index (κ2) is 7.71. The highest BCUT2D eigenvalue weighted by Crippen LogP contribution is 2.26. The van der Waals surface area contributed by atoms with Crippen molar-refractivity contribution in [1.29, 1.82) is 0 Å². The highest BCUT2D eigenvalue weighted by molar-refractivity contribution is 9.10. The molecule has 0 heterocycles. The Morgan fingerprint density at radius 1 is 1.35 bits per heavy atom. The Hall–Kier alpha value is -0.980. The van der Waals surface area contributed by atoms with Gasteiger partial charge in [0.05, 0.1) is 0 Å². The molecule has 0 aliphatic heterocycles. The lowest BCUT2D eigenvalue weighted by atomic mass is 9.87. The third-order valence-corrected chi connectivity index (χ3v) is 4.42. The van der Waals surface area contributed by atoms with Gasteiger partial charge < -0.3 is 10.1 Å². The summed E-state index contributed by atoms with van der Waals surface area (Å²) in [5.74, 6) is 4.27. The quantitative estimate of drug-likeness (QED) is 0.817. The van der Waals surface area contributed by atoms with E-state index in [1.165, 1.54) is 25.7 Å². The SMILES string of the molecule is C#CCOc1ccc(Br)cc1CNC1CCC(C)CC1. The van der Waals surface area contributed by atoms with Crippen LogP contribution in [0.3, 0.4) is 0 Å². The van der Waals surface area contributed by atoms with E-state index < -0.39 is 0 Å². The number of halogens is 1. The summed E-state index contributed by atoms with van der Waals surface area (Å²) in [7, 11) is 0. The molecular formula is C17H22BrNO. The number of rotatable bonds is 5. The minimum Gasteiger partial charge on any atom is -0.481 e. The van der Waals surface area contributed by atoms with Gasteiger partial charge in [-0.05, 0) is 49.8 Å². The first-order valence-electron chi connectivity index (χ1n) is 7.27. The molecule has 1 fully saturated rings. The van der Waals surface area contributed by atoms with Crippen LogP contribution in [0.2, 0.25) is 0 Å². The van der Waals surface area contributed by atoms with Crippen LogP contribution in [-0.2, 0) is 6.54 Å². The van der Waals surface area contributed by atoms with Crippen LogP contribution in [0, 0.1) is 18.3 Å². The topological polar surface area (TPSA) is 21.3 Å². The molecule has 108 valence electrons. The van der Waals surface area contributed by atoms with Gasteiger partial charge in [0, 0.05) is 22.6 Å². The van der Waals surface area contributed by atoms with Crippen molar-refractivity contribution in [2.24, 2.45) is 5.92 Å². The zero-order valence-corrected chi connectivity index (χ0v) is 13.6. The molecule has 0 spiro atoms. The highest BCUT2D eigenvalue weighted by atomic mass is 79.9. The van der Waals surface area contributed by atoms with E-state index in [1.54, 1.807) is 0 Å². The molecule has 1 aromatic carbocycles. The third kappa shape index (κ3) is 4.54. The summed E-state index contributed by atoms with van der Waals surface area (Å²) in [5, 5.41) is 3.65. The zero-order valence-electron chi connectivity index (χ0n) is 12.0. The molecule has 0 amide bonds. The Morgan fingerprint density at radius 2 is 2.10 bits per heavy atom. The van der Waals surface area contributed by atoms with Gasteiger partial charge in [-0.1, -0.05) is 28.8 Å². The molecule has 2 rings (SSSR count). The molecule has 0 saturated heterocycles. The number of ether oxygens (including phenoxy) is 1. The molecule has 1 N–H and O–H groups in total. The van der Waals surface area contributed by atoms with Crippen LogP contribution in [-0.4, -0.2) is 12.6 Å². The van der Waals surface area contributed by atoms with Gasteiger partial charge in [0.25, 0.3) is 0 Å². The van der Waals surface area contributed by atoms with E-state index in [0.717, 1.165) is 28.2 Å². The lowest BCUT2D eigenvalue weighted by Gasteiger charge is -2.27. The smallest absolute Gasteiger partial charge is 0.148 e. The molecule has 1 aromatic rings. The van der Waals surface area contributed by atoms with Crippen molar-refractivity contribution < 1.29 is 4.74 Å². The molecule has 2 nitrogen and oxygen atoms in total. The maximum Gasteiger partial charge on any atom is 0.148 e. The second-order valence-electron chi connectivity index (χ2n) is 5.58. The second-order valence-corrected chi connectivity index (χ2v) is 6.50. The van der Waals surface area contributed by atoms with Gasteiger partial charge in [0.15, 0.2) is 0 Å². The molecule has 0 aromatic heterocycles. The molecule has 3 heteroatoms. The lowest BCUT2D eigenvalue weighted by Crippen LogP contribution is -2.32. The van der Waals surface area contributed by atoms with E-state index >= 15 is 0 Å². The Morgan fingerprint density at radius 3 is 2.80 bits per heavy atom. The van der Waals surface area contributed by atoms with Crippen LogP contribution in [0.1, 0.15) is 38.2 Å². The minimum absolute atomic E-state index is 0.315. The van der Waals surface area contributed by atoms with E-state index in [2.05, 4.69) is 40.2 Å². The van der Waals surface area contributed by atoms with Crippen LogP contribution in [0.25, 0.3) is 0 Å². The number of benzene rings is 1. The molecule has 0 atom stereocenters. The van der Waals surface area contributed by atoms with Gasteiger partial charge in [-0.3, -0.25) is 0 Å². The van der Waals surface area contributed by atoms with E-state index in [4.69, 9.17) is 11.2 Å². The van der Waals surface area contributed by atoms with Crippen LogP contribution >= 0.6 is 15.9 Å². The Labute approximate surface area is 130 Å². The molecule has 0 bridgehead atoms. The fourth-order valence-corrected chi connectivity index (χ4v) is 3.07. The van der Waals surface area contributed by atoms with E-state index in [9.17, 15) is 0 Å². The van der Waals surface area contributed by atoms with Crippen molar-refractivity contribution >= 4 is 15.9 Å². The summed E-state index contributed by atoms with van der Waals surface area (Å²) in [6.45, 7) is 3.49. The molecule has 0 radical (unpaired) electrons. The first kappa shape index (κ1) is 15.4. The first-order valence-corrected chi connectivity index (χ1v) is 8.06. The average molecular weight is 336 g/mol. The van der Waals surface area contributed by atoms with Gasteiger partial charge in [-0.2, -0.15) is 0 Å². The third-order valence-electron chi connectivity index (χ3n) is 3.93. The van der Waals surface area contributed by atoms with Crippen molar-refractivity contribution in [3.05, 3.63) is 28.2 Å². The predicted octanol–water partition coefficient (Wildman–Crippen LogP) is 4.13. The molecule has 20 heavy (non-hydrogen) atoms. The van der Waals surface area contributed by atoms with Crippen LogP contribution in [0.15, 0.2) is 22.7 Å². The number of terminal acetylenes is 1. The Bertz CT molecular complexity index is 472. The van der Waals surface area contributed by atoms with Crippen molar-refractivity contribution in [3.8, 4) is 18.1 Å². The number of nitrogens with one attached hydrogen (secondary N) is 1. The minimum atomic E-state index is 0.315. The number of hydrogen-bond donors (Lipinski definition) is 1. The fraction of sp³-hybridized carbons (Fsp3) is 0.529. The lowest BCUT2D eigenvalue weighted by molar-refractivity contribution is 0.304. The van der Waals surface area contributed by atoms with Crippen LogP contribution in [0.4, 0.5) is 0 Å². The van der Waals surface area contributed by atoms with Gasteiger partial charge in [-0.15, -0.1) is 6.42 Å². The average Bonchev–Trinajstić information content (AvgIpc) is 2.46. The summed E-state index contributed by atoms with van der Waals surface area (Å²) >= 11 is 3.51. The zero-order chi connectivity index (χ0) is 14.4. The fourth-order valence-electron chi connectivity index (χ4n) is 2.66.